The molecule has 3 aromatic rings. The fraction of sp³-hybridized carbons (Fsp3) is 0.182. The van der Waals surface area contributed by atoms with Gasteiger partial charge in [-0.2, -0.15) is 0 Å². The number of nitrogens with zero attached hydrogens (tertiary/aromatic N) is 1. The topological polar surface area (TPSA) is 42.0 Å². The molecule has 0 saturated heterocycles. The van der Waals surface area contributed by atoms with Crippen LogP contribution in [0.5, 0.6) is 0 Å². The van der Waals surface area contributed by atoms with E-state index >= 15 is 0 Å². The number of carbonyl (C=O) groups is 1. The Labute approximate surface area is 161 Å². The molecule has 0 atom stereocenters. The van der Waals surface area contributed by atoms with E-state index in [2.05, 4.69) is 60.5 Å². The maximum atomic E-state index is 12.2. The second-order valence-corrected chi connectivity index (χ2v) is 8.52. The van der Waals surface area contributed by atoms with E-state index in [1.54, 1.807) is 12.3 Å². The molecule has 1 amide bonds. The number of nitrogens with one attached hydrogen (secondary N) is 1. The Bertz CT molecular complexity index is 879. The SMILES string of the molecule is Cc1cc(CCNC(=O)c2ccccn2)c([Se]c2ccccc2)cc1C. The third-order valence-electron chi connectivity index (χ3n) is 4.23. The van der Waals surface area contributed by atoms with E-state index in [0.717, 1.165) is 6.42 Å². The number of hydrogen-bond donors (Lipinski definition) is 1. The van der Waals surface area contributed by atoms with Crippen LogP contribution in [0.4, 0.5) is 0 Å². The Hall–Kier alpha value is -2.42. The maximum absolute atomic E-state index is 12.2. The van der Waals surface area contributed by atoms with Gasteiger partial charge in [-0.25, -0.2) is 0 Å². The van der Waals surface area contributed by atoms with Gasteiger partial charge >= 0.3 is 161 Å². The first-order valence-electron chi connectivity index (χ1n) is 8.66. The minimum absolute atomic E-state index is 0.121. The summed E-state index contributed by atoms with van der Waals surface area (Å²) in [5, 5.41) is 2.98. The van der Waals surface area contributed by atoms with Gasteiger partial charge in [0.15, 0.2) is 0 Å². The first-order chi connectivity index (χ1) is 12.6. The van der Waals surface area contributed by atoms with Crippen LogP contribution in [0.15, 0.2) is 66.9 Å². The van der Waals surface area contributed by atoms with Gasteiger partial charge in [-0.3, -0.25) is 0 Å². The van der Waals surface area contributed by atoms with Crippen molar-refractivity contribution in [2.24, 2.45) is 0 Å². The van der Waals surface area contributed by atoms with Crippen molar-refractivity contribution in [1.82, 2.24) is 10.3 Å². The molecule has 3 nitrogen and oxygen atoms in total. The molecule has 0 aliphatic rings. The number of hydrogen-bond acceptors (Lipinski definition) is 2. The van der Waals surface area contributed by atoms with Gasteiger partial charge in [0, 0.05) is 0 Å². The van der Waals surface area contributed by atoms with Crippen LogP contribution in [0.1, 0.15) is 27.2 Å². The van der Waals surface area contributed by atoms with Gasteiger partial charge in [-0.1, -0.05) is 0 Å². The van der Waals surface area contributed by atoms with E-state index in [9.17, 15) is 4.79 Å². The average molecular weight is 409 g/mol. The van der Waals surface area contributed by atoms with Gasteiger partial charge in [0.05, 0.1) is 0 Å². The van der Waals surface area contributed by atoms with E-state index in [1.165, 1.54) is 25.6 Å². The first-order valence-corrected chi connectivity index (χ1v) is 10.4. The monoisotopic (exact) mass is 410 g/mol. The molecule has 1 N–H and O–H groups in total. The van der Waals surface area contributed by atoms with Crippen LogP contribution < -0.4 is 14.2 Å². The van der Waals surface area contributed by atoms with E-state index in [-0.39, 0.29) is 20.9 Å². The number of rotatable bonds is 6. The van der Waals surface area contributed by atoms with Crippen molar-refractivity contribution in [2.75, 3.05) is 6.54 Å². The second-order valence-electron chi connectivity index (χ2n) is 6.18. The number of benzene rings is 2. The molecule has 2 aromatic carbocycles. The first kappa shape index (κ1) is 18.4. The zero-order valence-electron chi connectivity index (χ0n) is 15.0. The summed E-state index contributed by atoms with van der Waals surface area (Å²) in [4.78, 5) is 16.3. The number of pyridine rings is 1. The van der Waals surface area contributed by atoms with Gasteiger partial charge in [-0.15, -0.1) is 0 Å². The molecule has 0 radical (unpaired) electrons. The van der Waals surface area contributed by atoms with Crippen molar-refractivity contribution in [3.8, 4) is 0 Å². The van der Waals surface area contributed by atoms with Crippen LogP contribution in [0, 0.1) is 13.8 Å². The Morgan fingerprint density at radius 2 is 1.73 bits per heavy atom. The van der Waals surface area contributed by atoms with E-state index < -0.39 is 0 Å². The van der Waals surface area contributed by atoms with Gasteiger partial charge in [0.1, 0.15) is 0 Å². The van der Waals surface area contributed by atoms with E-state index in [4.69, 9.17) is 0 Å². The normalized spacial score (nSPS) is 10.5. The zero-order valence-corrected chi connectivity index (χ0v) is 16.7. The number of aryl methyl sites for hydroxylation is 2. The summed E-state index contributed by atoms with van der Waals surface area (Å²) in [5.74, 6) is -0.121. The molecular weight excluding hydrogens is 387 g/mol. The molecule has 0 fully saturated rings. The van der Waals surface area contributed by atoms with Crippen molar-refractivity contribution < 1.29 is 4.79 Å². The summed E-state index contributed by atoms with van der Waals surface area (Å²) in [5.41, 5.74) is 4.39. The predicted octanol–water partition coefficient (Wildman–Crippen LogP) is 2.33. The molecule has 0 aliphatic heterocycles. The van der Waals surface area contributed by atoms with E-state index in [1.807, 2.05) is 18.2 Å². The molecule has 4 heteroatoms. The summed E-state index contributed by atoms with van der Waals surface area (Å²) in [6.07, 6.45) is 2.46. The standard InChI is InChI=1S/C22H22N2OSe/c1-16-14-18(11-13-24-22(25)20-10-6-7-12-23-20)21(15-17(16)2)26-19-8-4-3-5-9-19/h3-10,12,14-15H,11,13H2,1-2H3,(H,24,25). The summed E-state index contributed by atoms with van der Waals surface area (Å²) >= 11 is 0.264. The van der Waals surface area contributed by atoms with E-state index in [0.29, 0.717) is 12.2 Å². The van der Waals surface area contributed by atoms with Crippen molar-refractivity contribution in [3.05, 3.63) is 89.2 Å². The minimum atomic E-state index is -0.121. The van der Waals surface area contributed by atoms with Crippen molar-refractivity contribution in [1.29, 1.82) is 0 Å². The van der Waals surface area contributed by atoms with Crippen molar-refractivity contribution >= 4 is 29.8 Å². The molecule has 26 heavy (non-hydrogen) atoms. The summed E-state index contributed by atoms with van der Waals surface area (Å²) in [7, 11) is 0. The molecular formula is C22H22N2OSe. The fourth-order valence-electron chi connectivity index (χ4n) is 2.65. The molecule has 0 unspecified atom stereocenters. The molecule has 0 saturated carbocycles. The zero-order chi connectivity index (χ0) is 18.4. The van der Waals surface area contributed by atoms with Crippen LogP contribution in [0.2, 0.25) is 0 Å². The van der Waals surface area contributed by atoms with Gasteiger partial charge < -0.3 is 0 Å². The molecule has 132 valence electrons. The third-order valence-corrected chi connectivity index (χ3v) is 6.55. The van der Waals surface area contributed by atoms with Crippen molar-refractivity contribution in [2.45, 2.75) is 20.3 Å². The van der Waals surface area contributed by atoms with Gasteiger partial charge in [-0.05, 0) is 0 Å². The van der Waals surface area contributed by atoms with Crippen LogP contribution in [-0.4, -0.2) is 32.4 Å². The number of amides is 1. The Balaban J connectivity index is 1.70. The number of carbonyl (C=O) groups excluding carboxylic acids is 1. The van der Waals surface area contributed by atoms with Crippen LogP contribution in [-0.2, 0) is 6.42 Å². The molecule has 0 spiro atoms. The Kier molecular flexibility index (Phi) is 6.21. The molecule has 0 aliphatic carbocycles. The van der Waals surface area contributed by atoms with Crippen molar-refractivity contribution in [3.63, 3.8) is 0 Å². The Morgan fingerprint density at radius 1 is 1.00 bits per heavy atom. The van der Waals surface area contributed by atoms with Gasteiger partial charge in [0.2, 0.25) is 0 Å². The molecule has 0 bridgehead atoms. The predicted molar refractivity (Wildman–Crippen MR) is 108 cm³/mol. The summed E-state index contributed by atoms with van der Waals surface area (Å²) in [6, 6.07) is 20.5. The average Bonchev–Trinajstić information content (AvgIpc) is 2.67. The summed E-state index contributed by atoms with van der Waals surface area (Å²) in [6.45, 7) is 4.91. The quantitative estimate of drug-likeness (QED) is 0.635. The summed E-state index contributed by atoms with van der Waals surface area (Å²) < 4.78 is 2.75. The Morgan fingerprint density at radius 3 is 2.46 bits per heavy atom. The molecule has 1 heterocycles. The second kappa shape index (κ2) is 8.79. The van der Waals surface area contributed by atoms with Crippen LogP contribution in [0.3, 0.4) is 0 Å². The van der Waals surface area contributed by atoms with Crippen LogP contribution in [0.25, 0.3) is 0 Å². The van der Waals surface area contributed by atoms with Gasteiger partial charge in [0.25, 0.3) is 0 Å². The third kappa shape index (κ3) is 4.81. The number of aromatic nitrogens is 1. The molecule has 3 rings (SSSR count). The van der Waals surface area contributed by atoms with Crippen LogP contribution >= 0.6 is 0 Å². The fourth-order valence-corrected chi connectivity index (χ4v) is 4.91. The molecule has 1 aromatic heterocycles.